The highest BCUT2D eigenvalue weighted by molar-refractivity contribution is 5.76. The molecule has 0 aromatic heterocycles. The third-order valence-electron chi connectivity index (χ3n) is 1.82. The van der Waals surface area contributed by atoms with Crippen LogP contribution in [-0.2, 0) is 19.1 Å². The van der Waals surface area contributed by atoms with Gasteiger partial charge in [-0.3, -0.25) is 9.59 Å². The maximum absolute atomic E-state index is 10.9. The van der Waals surface area contributed by atoms with E-state index in [9.17, 15) is 9.59 Å². The molecule has 0 radical (unpaired) electrons. The number of esters is 1. The topological polar surface area (TPSA) is 64.6 Å². The van der Waals surface area contributed by atoms with Crippen LogP contribution < -0.4 is 5.32 Å². The zero-order valence-electron chi connectivity index (χ0n) is 6.78. The zero-order valence-corrected chi connectivity index (χ0v) is 6.78. The van der Waals surface area contributed by atoms with Crippen LogP contribution in [0.3, 0.4) is 0 Å². The molecule has 1 rings (SSSR count). The van der Waals surface area contributed by atoms with Gasteiger partial charge in [-0.05, 0) is 0 Å². The van der Waals surface area contributed by atoms with E-state index in [-0.39, 0.29) is 18.1 Å². The lowest BCUT2D eigenvalue weighted by Crippen LogP contribution is -2.31. The molecule has 0 aromatic carbocycles. The summed E-state index contributed by atoms with van der Waals surface area (Å²) in [6, 6.07) is -0.333. The van der Waals surface area contributed by atoms with Crippen molar-refractivity contribution in [2.45, 2.75) is 18.6 Å². The van der Waals surface area contributed by atoms with E-state index in [0.29, 0.717) is 19.4 Å². The highest BCUT2D eigenvalue weighted by atomic mass is 16.5. The number of nitrogens with one attached hydrogen (secondary N) is 1. The van der Waals surface area contributed by atoms with Crippen LogP contribution in [0.15, 0.2) is 0 Å². The van der Waals surface area contributed by atoms with Crippen molar-refractivity contribution in [3.8, 4) is 0 Å². The molecule has 1 unspecified atom stereocenters. The second kappa shape index (κ2) is 4.06. The third kappa shape index (κ3) is 1.94. The number of hydrogen-bond acceptors (Lipinski definition) is 5. The second-order valence-electron chi connectivity index (χ2n) is 2.57. The molecule has 0 spiro atoms. The Bertz CT molecular complexity index is 182. The van der Waals surface area contributed by atoms with Gasteiger partial charge in [-0.1, -0.05) is 0 Å². The van der Waals surface area contributed by atoms with Crippen LogP contribution in [-0.4, -0.2) is 38.2 Å². The average molecular weight is 173 g/mol. The summed E-state index contributed by atoms with van der Waals surface area (Å²) in [7, 11) is 1.33. The number of rotatable bonds is 3. The average Bonchev–Trinajstić information content (AvgIpc) is 2.52. The molecular weight excluding hydrogens is 162 g/mol. The van der Waals surface area contributed by atoms with Crippen LogP contribution in [0.1, 0.15) is 6.42 Å². The van der Waals surface area contributed by atoms with E-state index in [4.69, 9.17) is 0 Å². The largest absolute Gasteiger partial charge is 0.468 e. The molecule has 2 atom stereocenters. The molecule has 0 saturated carbocycles. The standard InChI is InChI=1S/C7H11NO4/c1-11-7(10)6-2-5(3-8-6)12-4-9/h4-6,8H,2-3H2,1H3/t5?,6-/m0/s1. The predicted octanol–water partition coefficient (Wildman–Crippen LogP) is -0.937. The molecule has 0 aliphatic carbocycles. The quantitative estimate of drug-likeness (QED) is 0.441. The van der Waals surface area contributed by atoms with E-state index >= 15 is 0 Å². The fourth-order valence-electron chi connectivity index (χ4n) is 1.21. The molecule has 1 N–H and O–H groups in total. The van der Waals surface area contributed by atoms with Crippen molar-refractivity contribution in [2.75, 3.05) is 13.7 Å². The van der Waals surface area contributed by atoms with Crippen molar-refractivity contribution in [1.29, 1.82) is 0 Å². The van der Waals surface area contributed by atoms with Gasteiger partial charge in [0.25, 0.3) is 6.47 Å². The second-order valence-corrected chi connectivity index (χ2v) is 2.57. The molecule has 1 aliphatic rings. The summed E-state index contributed by atoms with van der Waals surface area (Å²) in [6.45, 7) is 0.907. The van der Waals surface area contributed by atoms with Crippen LogP contribution >= 0.6 is 0 Å². The molecule has 1 aliphatic heterocycles. The lowest BCUT2D eigenvalue weighted by Gasteiger charge is -2.06. The van der Waals surface area contributed by atoms with Crippen LogP contribution in [0.2, 0.25) is 0 Å². The Balaban J connectivity index is 2.34. The Morgan fingerprint density at radius 3 is 3.00 bits per heavy atom. The summed E-state index contributed by atoms with van der Waals surface area (Å²) in [5.74, 6) is -0.313. The van der Waals surface area contributed by atoms with Crippen molar-refractivity contribution in [3.63, 3.8) is 0 Å². The SMILES string of the molecule is COC(=O)[C@@H]1CC(OC=O)CN1. The van der Waals surface area contributed by atoms with Gasteiger partial charge in [-0.25, -0.2) is 0 Å². The van der Waals surface area contributed by atoms with E-state index in [0.717, 1.165) is 0 Å². The zero-order chi connectivity index (χ0) is 8.97. The first-order valence-electron chi connectivity index (χ1n) is 3.68. The van der Waals surface area contributed by atoms with Gasteiger partial charge in [0.15, 0.2) is 0 Å². The van der Waals surface area contributed by atoms with Gasteiger partial charge in [0, 0.05) is 13.0 Å². The summed E-state index contributed by atoms with van der Waals surface area (Å²) >= 11 is 0. The minimum atomic E-state index is -0.333. The van der Waals surface area contributed by atoms with Gasteiger partial charge >= 0.3 is 5.97 Å². The van der Waals surface area contributed by atoms with Crippen LogP contribution in [0.5, 0.6) is 0 Å². The Morgan fingerprint density at radius 1 is 1.67 bits per heavy atom. The molecule has 1 fully saturated rings. The fraction of sp³-hybridized carbons (Fsp3) is 0.714. The lowest BCUT2D eigenvalue weighted by atomic mass is 10.2. The van der Waals surface area contributed by atoms with Gasteiger partial charge in [0.1, 0.15) is 12.1 Å². The maximum Gasteiger partial charge on any atom is 0.323 e. The van der Waals surface area contributed by atoms with Crippen molar-refractivity contribution in [2.24, 2.45) is 0 Å². The Hall–Kier alpha value is -1.10. The van der Waals surface area contributed by atoms with Crippen molar-refractivity contribution < 1.29 is 19.1 Å². The Kier molecular flexibility index (Phi) is 3.04. The minimum Gasteiger partial charge on any atom is -0.468 e. The number of ether oxygens (including phenoxy) is 2. The normalized spacial score (nSPS) is 28.1. The molecule has 0 bridgehead atoms. The third-order valence-corrected chi connectivity index (χ3v) is 1.82. The molecule has 0 aromatic rings. The highest BCUT2D eigenvalue weighted by Gasteiger charge is 2.30. The number of methoxy groups -OCH3 is 1. The first-order chi connectivity index (χ1) is 5.77. The van der Waals surface area contributed by atoms with E-state index in [1.54, 1.807) is 0 Å². The number of hydrogen-bond donors (Lipinski definition) is 1. The maximum atomic E-state index is 10.9. The smallest absolute Gasteiger partial charge is 0.323 e. The summed E-state index contributed by atoms with van der Waals surface area (Å²) in [6.07, 6.45) is 0.289. The Morgan fingerprint density at radius 2 is 2.42 bits per heavy atom. The summed E-state index contributed by atoms with van der Waals surface area (Å²) in [5, 5.41) is 2.88. The van der Waals surface area contributed by atoms with Gasteiger partial charge < -0.3 is 14.8 Å². The van der Waals surface area contributed by atoms with Gasteiger partial charge in [0.05, 0.1) is 7.11 Å². The van der Waals surface area contributed by atoms with E-state index < -0.39 is 0 Å². The highest BCUT2D eigenvalue weighted by Crippen LogP contribution is 2.10. The lowest BCUT2D eigenvalue weighted by molar-refractivity contribution is -0.143. The Labute approximate surface area is 70.0 Å². The van der Waals surface area contributed by atoms with E-state index in [1.807, 2.05) is 0 Å². The molecule has 0 amide bonds. The van der Waals surface area contributed by atoms with Crippen molar-refractivity contribution in [3.05, 3.63) is 0 Å². The summed E-state index contributed by atoms with van der Waals surface area (Å²) in [5.41, 5.74) is 0. The van der Waals surface area contributed by atoms with Gasteiger partial charge in [-0.15, -0.1) is 0 Å². The fourth-order valence-corrected chi connectivity index (χ4v) is 1.21. The van der Waals surface area contributed by atoms with Crippen LogP contribution in [0.25, 0.3) is 0 Å². The molecule has 5 nitrogen and oxygen atoms in total. The number of carbonyl (C=O) groups excluding carboxylic acids is 2. The van der Waals surface area contributed by atoms with Crippen molar-refractivity contribution >= 4 is 12.4 Å². The molecule has 68 valence electrons. The molecule has 5 heteroatoms. The summed E-state index contributed by atoms with van der Waals surface area (Å²) < 4.78 is 9.19. The van der Waals surface area contributed by atoms with E-state index in [2.05, 4.69) is 14.8 Å². The van der Waals surface area contributed by atoms with Crippen LogP contribution in [0.4, 0.5) is 0 Å². The number of carbonyl (C=O) groups is 2. The molecule has 1 saturated heterocycles. The first kappa shape index (κ1) is 8.99. The molecular formula is C7H11NO4. The summed E-state index contributed by atoms with van der Waals surface area (Å²) in [4.78, 5) is 20.9. The van der Waals surface area contributed by atoms with Crippen molar-refractivity contribution in [1.82, 2.24) is 5.32 Å². The van der Waals surface area contributed by atoms with Gasteiger partial charge in [0.2, 0.25) is 0 Å². The van der Waals surface area contributed by atoms with E-state index in [1.165, 1.54) is 7.11 Å². The molecule has 1 heterocycles. The first-order valence-corrected chi connectivity index (χ1v) is 3.68. The van der Waals surface area contributed by atoms with Crippen LogP contribution in [0, 0.1) is 0 Å². The molecule has 12 heavy (non-hydrogen) atoms. The monoisotopic (exact) mass is 173 g/mol. The predicted molar refractivity (Wildman–Crippen MR) is 39.4 cm³/mol. The minimum absolute atomic E-state index is 0.202. The van der Waals surface area contributed by atoms with Gasteiger partial charge in [-0.2, -0.15) is 0 Å².